The number of H-pyrrole nitrogens is 1. The van der Waals surface area contributed by atoms with Gasteiger partial charge in [0.15, 0.2) is 6.29 Å². The van der Waals surface area contributed by atoms with Crippen LogP contribution in [0.3, 0.4) is 0 Å². The van der Waals surface area contributed by atoms with E-state index >= 15 is 0 Å². The molecule has 0 saturated carbocycles. The number of hydrogen-bond acceptors (Lipinski definition) is 6. The summed E-state index contributed by atoms with van der Waals surface area (Å²) >= 11 is 0. The molecule has 1 aromatic heterocycles. The third-order valence-corrected chi connectivity index (χ3v) is 7.18. The van der Waals surface area contributed by atoms with Crippen LogP contribution in [0, 0.1) is 13.8 Å². The molecule has 9 nitrogen and oxygen atoms in total. The third-order valence-electron chi connectivity index (χ3n) is 5.41. The highest BCUT2D eigenvalue weighted by Gasteiger charge is 2.24. The molecule has 0 fully saturated rings. The number of hydrogen-bond donors (Lipinski definition) is 2. The van der Waals surface area contributed by atoms with E-state index in [1.54, 1.807) is 6.07 Å². The van der Waals surface area contributed by atoms with E-state index in [0.29, 0.717) is 11.2 Å². The number of benzene rings is 2. The van der Waals surface area contributed by atoms with Crippen molar-refractivity contribution in [3.05, 3.63) is 69.5 Å². The quantitative estimate of drug-likeness (QED) is 0.485. The number of aryl methyl sites for hydroxylation is 2. The fraction of sp³-hybridized carbons (Fsp3) is 0.304. The first-order valence-electron chi connectivity index (χ1n) is 10.2. The van der Waals surface area contributed by atoms with Gasteiger partial charge >= 0.3 is 0 Å². The van der Waals surface area contributed by atoms with Crippen molar-refractivity contribution in [1.82, 2.24) is 10.3 Å². The number of aromatic nitrogens is 1. The zero-order valence-electron chi connectivity index (χ0n) is 19.1. The number of ether oxygens (including phenoxy) is 2. The Morgan fingerprint density at radius 1 is 1.12 bits per heavy atom. The van der Waals surface area contributed by atoms with Crippen LogP contribution in [0.25, 0.3) is 10.9 Å². The third kappa shape index (κ3) is 4.92. The summed E-state index contributed by atoms with van der Waals surface area (Å²) in [6, 6.07) is 9.77. The average molecular weight is 474 g/mol. The number of methoxy groups -OCH3 is 2. The number of carbonyl (C=O) groups is 1. The predicted octanol–water partition coefficient (Wildman–Crippen LogP) is 2.32. The number of rotatable bonds is 8. The predicted molar refractivity (Wildman–Crippen MR) is 126 cm³/mol. The van der Waals surface area contributed by atoms with Crippen LogP contribution in [0.15, 0.2) is 52.3 Å². The molecule has 176 valence electrons. The molecule has 2 aromatic carbocycles. The van der Waals surface area contributed by atoms with E-state index in [-0.39, 0.29) is 22.4 Å². The monoisotopic (exact) mass is 473 g/mol. The number of aromatic amines is 1. The Kier molecular flexibility index (Phi) is 7.21. The number of amides is 1. The minimum Gasteiger partial charge on any atom is -0.360 e. The SMILES string of the molecule is COC(CNC(=O)c1c[nH]c2ccc(S(=O)(=O)N(C)c3cc(C)ccc3C)cc2c1=O)OC. The second-order valence-corrected chi connectivity index (χ2v) is 9.58. The highest BCUT2D eigenvalue weighted by molar-refractivity contribution is 7.92. The average Bonchev–Trinajstić information content (AvgIpc) is 2.80. The zero-order valence-corrected chi connectivity index (χ0v) is 19.9. The number of anilines is 1. The van der Waals surface area contributed by atoms with Crippen LogP contribution in [-0.2, 0) is 19.5 Å². The summed E-state index contributed by atoms with van der Waals surface area (Å²) in [5, 5.41) is 2.66. The summed E-state index contributed by atoms with van der Waals surface area (Å²) in [6.07, 6.45) is 0.635. The number of nitrogens with zero attached hydrogens (tertiary/aromatic N) is 1. The van der Waals surface area contributed by atoms with Gasteiger partial charge in [-0.2, -0.15) is 0 Å². The van der Waals surface area contributed by atoms with E-state index in [4.69, 9.17) is 9.47 Å². The normalized spacial score (nSPS) is 11.7. The summed E-state index contributed by atoms with van der Waals surface area (Å²) in [5.74, 6) is -0.627. The van der Waals surface area contributed by atoms with Gasteiger partial charge in [0, 0.05) is 38.4 Å². The molecule has 3 rings (SSSR count). The summed E-state index contributed by atoms with van der Waals surface area (Å²) in [7, 11) is 0.378. The fourth-order valence-electron chi connectivity index (χ4n) is 3.41. The summed E-state index contributed by atoms with van der Waals surface area (Å²) < 4.78 is 37.9. The van der Waals surface area contributed by atoms with Gasteiger partial charge in [-0.25, -0.2) is 8.42 Å². The molecule has 0 radical (unpaired) electrons. The van der Waals surface area contributed by atoms with Crippen molar-refractivity contribution in [3.63, 3.8) is 0 Å². The molecule has 2 N–H and O–H groups in total. The topological polar surface area (TPSA) is 118 Å². The molecule has 0 aliphatic rings. The molecule has 0 saturated heterocycles. The molecule has 1 amide bonds. The Bertz CT molecular complexity index is 1350. The first kappa shape index (κ1) is 24.4. The molecule has 33 heavy (non-hydrogen) atoms. The van der Waals surface area contributed by atoms with Gasteiger partial charge in [-0.15, -0.1) is 0 Å². The van der Waals surface area contributed by atoms with Crippen molar-refractivity contribution in [2.45, 2.75) is 25.0 Å². The number of carbonyl (C=O) groups excluding carboxylic acids is 1. The zero-order chi connectivity index (χ0) is 24.3. The van der Waals surface area contributed by atoms with Crippen LogP contribution >= 0.6 is 0 Å². The molecule has 0 aliphatic carbocycles. The summed E-state index contributed by atoms with van der Waals surface area (Å²) in [4.78, 5) is 28.4. The molecular weight excluding hydrogens is 446 g/mol. The number of fused-ring (bicyclic) bond motifs is 1. The highest BCUT2D eigenvalue weighted by Crippen LogP contribution is 2.27. The molecular formula is C23H27N3O6S. The molecule has 3 aromatic rings. The molecule has 0 bridgehead atoms. The Morgan fingerprint density at radius 2 is 1.82 bits per heavy atom. The van der Waals surface area contributed by atoms with Gasteiger partial charge in [0.05, 0.1) is 17.1 Å². The minimum atomic E-state index is -3.95. The van der Waals surface area contributed by atoms with Gasteiger partial charge in [0.1, 0.15) is 5.56 Å². The van der Waals surface area contributed by atoms with Crippen molar-refractivity contribution < 1.29 is 22.7 Å². The maximum atomic E-state index is 13.3. The van der Waals surface area contributed by atoms with Gasteiger partial charge in [0.2, 0.25) is 5.43 Å². The summed E-state index contributed by atoms with van der Waals surface area (Å²) in [6.45, 7) is 3.75. The number of nitrogens with one attached hydrogen (secondary N) is 2. The Labute approximate surface area is 192 Å². The van der Waals surface area contributed by atoms with Crippen molar-refractivity contribution in [2.75, 3.05) is 32.1 Å². The van der Waals surface area contributed by atoms with E-state index in [0.717, 1.165) is 11.1 Å². The maximum absolute atomic E-state index is 13.3. The summed E-state index contributed by atoms with van der Waals surface area (Å²) in [5.41, 5.74) is 1.95. The lowest BCUT2D eigenvalue weighted by atomic mass is 10.1. The lowest BCUT2D eigenvalue weighted by Gasteiger charge is -2.22. The van der Waals surface area contributed by atoms with Crippen molar-refractivity contribution in [1.29, 1.82) is 0 Å². The second kappa shape index (κ2) is 9.74. The van der Waals surface area contributed by atoms with E-state index in [2.05, 4.69) is 10.3 Å². The van der Waals surface area contributed by atoms with Crippen molar-refractivity contribution in [2.24, 2.45) is 0 Å². The van der Waals surface area contributed by atoms with Crippen LogP contribution in [-0.4, -0.2) is 53.4 Å². The minimum absolute atomic E-state index is 0.0400. The molecule has 0 spiro atoms. The van der Waals surface area contributed by atoms with Crippen LogP contribution in [0.4, 0.5) is 5.69 Å². The highest BCUT2D eigenvalue weighted by atomic mass is 32.2. The van der Waals surface area contributed by atoms with Gasteiger partial charge in [0.25, 0.3) is 15.9 Å². The largest absolute Gasteiger partial charge is 0.360 e. The first-order chi connectivity index (χ1) is 15.6. The molecule has 1 heterocycles. The van der Waals surface area contributed by atoms with E-state index in [1.807, 2.05) is 26.0 Å². The van der Waals surface area contributed by atoms with E-state index < -0.39 is 27.6 Å². The number of sulfonamides is 1. The van der Waals surface area contributed by atoms with E-state index in [1.165, 1.54) is 50.0 Å². The van der Waals surface area contributed by atoms with Crippen LogP contribution in [0.1, 0.15) is 21.5 Å². The molecule has 0 atom stereocenters. The number of pyridine rings is 1. The lowest BCUT2D eigenvalue weighted by Crippen LogP contribution is -2.36. The van der Waals surface area contributed by atoms with Gasteiger partial charge in [-0.3, -0.25) is 13.9 Å². The Morgan fingerprint density at radius 3 is 2.48 bits per heavy atom. The standard InChI is InChI=1S/C23H27N3O6S/c1-14-6-7-15(2)20(10-14)26(3)33(29,30)16-8-9-19-17(11-16)22(27)18(12-24-19)23(28)25-13-21(31-4)32-5/h6-12,21H,13H2,1-5H3,(H,24,27)(H,25,28). The van der Waals surface area contributed by atoms with E-state index in [9.17, 15) is 18.0 Å². The van der Waals surface area contributed by atoms with Crippen LogP contribution < -0.4 is 15.1 Å². The van der Waals surface area contributed by atoms with Crippen molar-refractivity contribution >= 4 is 32.5 Å². The molecule has 0 unspecified atom stereocenters. The van der Waals surface area contributed by atoms with Crippen LogP contribution in [0.5, 0.6) is 0 Å². The first-order valence-corrected chi connectivity index (χ1v) is 11.6. The molecule has 0 aliphatic heterocycles. The van der Waals surface area contributed by atoms with Gasteiger partial charge in [-0.1, -0.05) is 12.1 Å². The maximum Gasteiger partial charge on any atom is 0.264 e. The molecule has 10 heteroatoms. The lowest BCUT2D eigenvalue weighted by molar-refractivity contribution is -0.0974. The van der Waals surface area contributed by atoms with Crippen LogP contribution in [0.2, 0.25) is 0 Å². The van der Waals surface area contributed by atoms with Crippen molar-refractivity contribution in [3.8, 4) is 0 Å². The Balaban J connectivity index is 2.00. The smallest absolute Gasteiger partial charge is 0.264 e. The second-order valence-electron chi connectivity index (χ2n) is 7.61. The Hall–Kier alpha value is -3.21. The van der Waals surface area contributed by atoms with Gasteiger partial charge < -0.3 is 19.8 Å². The van der Waals surface area contributed by atoms with Gasteiger partial charge in [-0.05, 0) is 49.2 Å². The fourth-order valence-corrected chi connectivity index (χ4v) is 4.69.